The van der Waals surface area contributed by atoms with Crippen molar-refractivity contribution in [2.45, 2.75) is 6.42 Å². The molecule has 0 bridgehead atoms. The number of allylic oxidation sites excluding steroid dienone is 1. The monoisotopic (exact) mass is 260 g/mol. The number of anilines is 1. The van der Waals surface area contributed by atoms with Gasteiger partial charge >= 0.3 is 6.03 Å². The summed E-state index contributed by atoms with van der Waals surface area (Å²) in [4.78, 5) is 13.5. The molecule has 1 rings (SSSR count). The lowest BCUT2D eigenvalue weighted by atomic mass is 10.1. The van der Waals surface area contributed by atoms with Gasteiger partial charge in [0, 0.05) is 18.8 Å². The van der Waals surface area contributed by atoms with E-state index in [1.54, 1.807) is 11.0 Å². The highest BCUT2D eigenvalue weighted by Crippen LogP contribution is 2.16. The van der Waals surface area contributed by atoms with Crippen LogP contribution in [0.15, 0.2) is 49.6 Å². The van der Waals surface area contributed by atoms with E-state index in [2.05, 4.69) is 18.5 Å². The molecule has 0 saturated carbocycles. The van der Waals surface area contributed by atoms with E-state index in [0.717, 1.165) is 17.7 Å². The smallest absolute Gasteiger partial charge is 0.322 e. The minimum Gasteiger partial charge on any atom is -0.395 e. The number of aliphatic hydroxyl groups excluding tert-OH is 1. The zero-order chi connectivity index (χ0) is 14.1. The van der Waals surface area contributed by atoms with Crippen LogP contribution in [-0.4, -0.2) is 30.8 Å². The Morgan fingerprint density at radius 2 is 1.95 bits per heavy atom. The molecule has 0 aliphatic rings. The number of rotatable bonds is 7. The third kappa shape index (κ3) is 4.60. The van der Waals surface area contributed by atoms with Gasteiger partial charge in [0.25, 0.3) is 0 Å². The second-order valence-electron chi connectivity index (χ2n) is 4.01. The number of nitrogens with one attached hydrogen (secondary N) is 1. The Labute approximate surface area is 114 Å². The number of carbonyl (C=O) groups excluding carboxylic acids is 1. The quantitative estimate of drug-likeness (QED) is 0.738. The summed E-state index contributed by atoms with van der Waals surface area (Å²) in [6.07, 6.45) is 4.30. The first kappa shape index (κ1) is 15.0. The summed E-state index contributed by atoms with van der Waals surface area (Å²) in [7, 11) is 0. The molecule has 2 amide bonds. The molecule has 0 aromatic heterocycles. The Hall–Kier alpha value is -2.07. The summed E-state index contributed by atoms with van der Waals surface area (Å²) in [6.45, 7) is 7.92. The molecule has 19 heavy (non-hydrogen) atoms. The Morgan fingerprint density at radius 3 is 2.47 bits per heavy atom. The Balaban J connectivity index is 2.82. The predicted molar refractivity (Wildman–Crippen MR) is 78.4 cm³/mol. The molecule has 4 nitrogen and oxygen atoms in total. The standard InChI is InChI=1S/C15H20N2O2/c1-3-5-13-6-8-14(9-7-13)17(11-4-2)15(19)16-10-12-18/h3-4,6-9,18H,1-2,5,10-12H2,(H,16,19). The van der Waals surface area contributed by atoms with Gasteiger partial charge in [-0.25, -0.2) is 4.79 Å². The van der Waals surface area contributed by atoms with Crippen molar-refractivity contribution in [1.82, 2.24) is 5.32 Å². The molecular weight excluding hydrogens is 240 g/mol. The molecule has 0 aliphatic heterocycles. The van der Waals surface area contributed by atoms with Gasteiger partial charge < -0.3 is 10.4 Å². The maximum atomic E-state index is 11.9. The maximum Gasteiger partial charge on any atom is 0.322 e. The summed E-state index contributed by atoms with van der Waals surface area (Å²) in [5.74, 6) is 0. The molecule has 0 aliphatic carbocycles. The van der Waals surface area contributed by atoms with E-state index in [0.29, 0.717) is 6.54 Å². The Bertz CT molecular complexity index is 426. The number of amides is 2. The van der Waals surface area contributed by atoms with Crippen molar-refractivity contribution in [2.75, 3.05) is 24.6 Å². The lowest BCUT2D eigenvalue weighted by molar-refractivity contribution is 0.240. The lowest BCUT2D eigenvalue weighted by Crippen LogP contribution is -2.41. The molecule has 102 valence electrons. The fourth-order valence-corrected chi connectivity index (χ4v) is 1.67. The molecule has 0 saturated heterocycles. The molecule has 0 spiro atoms. The van der Waals surface area contributed by atoms with Crippen LogP contribution in [0.4, 0.5) is 10.5 Å². The molecule has 0 fully saturated rings. The highest BCUT2D eigenvalue weighted by atomic mass is 16.3. The van der Waals surface area contributed by atoms with Crippen LogP contribution in [0.25, 0.3) is 0 Å². The number of carbonyl (C=O) groups is 1. The highest BCUT2D eigenvalue weighted by molar-refractivity contribution is 5.92. The predicted octanol–water partition coefficient (Wildman–Crippen LogP) is 2.11. The fraction of sp³-hybridized carbons (Fsp3) is 0.267. The molecule has 1 aromatic carbocycles. The van der Waals surface area contributed by atoms with Gasteiger partial charge in [-0.15, -0.1) is 13.2 Å². The van der Waals surface area contributed by atoms with E-state index in [1.807, 2.05) is 30.3 Å². The number of nitrogens with zero attached hydrogens (tertiary/aromatic N) is 1. The molecule has 0 unspecified atom stereocenters. The van der Waals surface area contributed by atoms with Gasteiger partial charge in [0.1, 0.15) is 0 Å². The average Bonchev–Trinajstić information content (AvgIpc) is 2.43. The topological polar surface area (TPSA) is 52.6 Å². The van der Waals surface area contributed by atoms with Crippen molar-refractivity contribution in [3.63, 3.8) is 0 Å². The number of hydrogen-bond donors (Lipinski definition) is 2. The van der Waals surface area contributed by atoms with Crippen LogP contribution in [0.5, 0.6) is 0 Å². The van der Waals surface area contributed by atoms with E-state index >= 15 is 0 Å². The van der Waals surface area contributed by atoms with Gasteiger partial charge in [0.05, 0.1) is 6.61 Å². The summed E-state index contributed by atoms with van der Waals surface area (Å²) in [5, 5.41) is 11.4. The summed E-state index contributed by atoms with van der Waals surface area (Å²) in [6, 6.07) is 7.46. The molecular formula is C15H20N2O2. The SMILES string of the molecule is C=CCc1ccc(N(CC=C)C(=O)NCCO)cc1. The second kappa shape index (κ2) is 8.11. The third-order valence-electron chi connectivity index (χ3n) is 2.57. The second-order valence-corrected chi connectivity index (χ2v) is 4.01. The third-order valence-corrected chi connectivity index (χ3v) is 2.57. The van der Waals surface area contributed by atoms with Gasteiger partial charge in [-0.2, -0.15) is 0 Å². The van der Waals surface area contributed by atoms with E-state index in [1.165, 1.54) is 0 Å². The van der Waals surface area contributed by atoms with Crippen LogP contribution >= 0.6 is 0 Å². The van der Waals surface area contributed by atoms with Crippen molar-refractivity contribution in [2.24, 2.45) is 0 Å². The summed E-state index contributed by atoms with van der Waals surface area (Å²) in [5.41, 5.74) is 1.94. The first-order chi connectivity index (χ1) is 9.22. The fourth-order valence-electron chi connectivity index (χ4n) is 1.67. The van der Waals surface area contributed by atoms with Gasteiger partial charge in [-0.1, -0.05) is 24.3 Å². The van der Waals surface area contributed by atoms with E-state index < -0.39 is 0 Å². The number of hydrogen-bond acceptors (Lipinski definition) is 2. The number of benzene rings is 1. The van der Waals surface area contributed by atoms with E-state index in [9.17, 15) is 4.79 Å². The largest absolute Gasteiger partial charge is 0.395 e. The minimum atomic E-state index is -0.245. The van der Waals surface area contributed by atoms with Gasteiger partial charge in [-0.05, 0) is 24.1 Å². The molecule has 0 atom stereocenters. The first-order valence-electron chi connectivity index (χ1n) is 6.20. The van der Waals surface area contributed by atoms with E-state index in [4.69, 9.17) is 5.11 Å². The normalized spacial score (nSPS) is 9.74. The van der Waals surface area contributed by atoms with E-state index in [-0.39, 0.29) is 19.2 Å². The Kier molecular flexibility index (Phi) is 6.39. The van der Waals surface area contributed by atoms with Crippen molar-refractivity contribution in [1.29, 1.82) is 0 Å². The zero-order valence-corrected chi connectivity index (χ0v) is 11.0. The van der Waals surface area contributed by atoms with Gasteiger partial charge in [0.15, 0.2) is 0 Å². The van der Waals surface area contributed by atoms with Gasteiger partial charge in [-0.3, -0.25) is 4.90 Å². The number of urea groups is 1. The van der Waals surface area contributed by atoms with Crippen molar-refractivity contribution < 1.29 is 9.90 Å². The molecule has 0 radical (unpaired) electrons. The van der Waals surface area contributed by atoms with Crippen LogP contribution in [0.2, 0.25) is 0 Å². The molecule has 4 heteroatoms. The Morgan fingerprint density at radius 1 is 1.26 bits per heavy atom. The minimum absolute atomic E-state index is 0.0774. The van der Waals surface area contributed by atoms with Crippen LogP contribution < -0.4 is 10.2 Å². The highest BCUT2D eigenvalue weighted by Gasteiger charge is 2.13. The summed E-state index contributed by atoms with van der Waals surface area (Å²) >= 11 is 0. The molecule has 1 aromatic rings. The van der Waals surface area contributed by atoms with Gasteiger partial charge in [0.2, 0.25) is 0 Å². The van der Waals surface area contributed by atoms with Crippen molar-refractivity contribution >= 4 is 11.7 Å². The number of aliphatic hydroxyl groups is 1. The van der Waals surface area contributed by atoms with Crippen molar-refractivity contribution in [3.05, 3.63) is 55.1 Å². The van der Waals surface area contributed by atoms with Crippen LogP contribution in [0.1, 0.15) is 5.56 Å². The summed E-state index contributed by atoms with van der Waals surface area (Å²) < 4.78 is 0. The lowest BCUT2D eigenvalue weighted by Gasteiger charge is -2.21. The van der Waals surface area contributed by atoms with Crippen LogP contribution in [0.3, 0.4) is 0 Å². The average molecular weight is 260 g/mol. The molecule has 0 heterocycles. The first-order valence-corrected chi connectivity index (χ1v) is 6.20. The van der Waals surface area contributed by atoms with Crippen LogP contribution in [0, 0.1) is 0 Å². The zero-order valence-electron chi connectivity index (χ0n) is 11.0. The molecule has 2 N–H and O–H groups in total. The maximum absolute atomic E-state index is 11.9. The van der Waals surface area contributed by atoms with Crippen molar-refractivity contribution in [3.8, 4) is 0 Å². The van der Waals surface area contributed by atoms with Crippen LogP contribution in [-0.2, 0) is 6.42 Å².